The molecule has 0 bridgehead atoms. The summed E-state index contributed by atoms with van der Waals surface area (Å²) in [6.07, 6.45) is 0.746. The van der Waals surface area contributed by atoms with Crippen LogP contribution in [0.2, 0.25) is 0 Å². The van der Waals surface area contributed by atoms with Crippen LogP contribution in [0.1, 0.15) is 18.1 Å². The molecule has 0 aromatic heterocycles. The number of hydrogen-bond acceptors (Lipinski definition) is 5. The van der Waals surface area contributed by atoms with E-state index >= 15 is 0 Å². The molecule has 138 valence electrons. The number of carboxylic acids is 1. The molecule has 0 fully saturated rings. The van der Waals surface area contributed by atoms with Crippen LogP contribution in [0.4, 0.5) is 11.4 Å². The average Bonchev–Trinajstić information content (AvgIpc) is 2.59. The summed E-state index contributed by atoms with van der Waals surface area (Å²) >= 11 is 0. The number of benzene rings is 2. The molecule has 0 saturated carbocycles. The molecule has 0 radical (unpaired) electrons. The summed E-state index contributed by atoms with van der Waals surface area (Å²) < 4.78 is 26.9. The van der Waals surface area contributed by atoms with Gasteiger partial charge in [-0.2, -0.15) is 0 Å². The first kappa shape index (κ1) is 19.4. The van der Waals surface area contributed by atoms with Crippen LogP contribution in [0.3, 0.4) is 0 Å². The Morgan fingerprint density at radius 2 is 1.81 bits per heavy atom. The van der Waals surface area contributed by atoms with Crippen molar-refractivity contribution < 1.29 is 23.2 Å². The van der Waals surface area contributed by atoms with Crippen LogP contribution in [-0.4, -0.2) is 31.0 Å². The number of nitro groups is 1. The molecular formula is C17H18N2O6S. The molecule has 0 saturated heterocycles. The third-order valence-corrected chi connectivity index (χ3v) is 5.78. The van der Waals surface area contributed by atoms with Gasteiger partial charge in [-0.3, -0.25) is 19.2 Å². The lowest BCUT2D eigenvalue weighted by molar-refractivity contribution is -0.385. The Hall–Kier alpha value is -2.94. The normalized spacial score (nSPS) is 11.2. The van der Waals surface area contributed by atoms with Crippen LogP contribution >= 0.6 is 0 Å². The van der Waals surface area contributed by atoms with E-state index in [2.05, 4.69) is 0 Å². The number of aliphatic carboxylic acids is 1. The molecule has 0 aliphatic carbocycles. The van der Waals surface area contributed by atoms with Crippen molar-refractivity contribution in [1.82, 2.24) is 0 Å². The molecule has 2 aromatic rings. The van der Waals surface area contributed by atoms with Gasteiger partial charge in [0.2, 0.25) is 0 Å². The van der Waals surface area contributed by atoms with E-state index in [1.807, 2.05) is 6.92 Å². The highest BCUT2D eigenvalue weighted by Crippen LogP contribution is 2.28. The van der Waals surface area contributed by atoms with Crippen molar-refractivity contribution in [3.8, 4) is 0 Å². The minimum absolute atomic E-state index is 0.176. The second kappa shape index (κ2) is 7.52. The lowest BCUT2D eigenvalue weighted by atomic mass is 10.1. The first-order chi connectivity index (χ1) is 12.2. The standard InChI is InChI=1S/C17H18N2O6S/c1-3-13-5-8-14(9-6-13)18(11-17(20)21)26(24,25)16-10-15(19(22)23)7-4-12(16)2/h4-10H,3,11H2,1-2H3,(H,20,21). The van der Waals surface area contributed by atoms with Gasteiger partial charge < -0.3 is 5.11 Å². The number of anilines is 1. The van der Waals surface area contributed by atoms with Gasteiger partial charge in [0.15, 0.2) is 0 Å². The molecule has 0 unspecified atom stereocenters. The highest BCUT2D eigenvalue weighted by atomic mass is 32.2. The Balaban J connectivity index is 2.60. The second-order valence-corrected chi connectivity index (χ2v) is 7.46. The van der Waals surface area contributed by atoms with E-state index in [-0.39, 0.29) is 21.8 Å². The summed E-state index contributed by atoms with van der Waals surface area (Å²) in [7, 11) is -4.31. The summed E-state index contributed by atoms with van der Waals surface area (Å²) in [5.74, 6) is -1.34. The number of hydrogen-bond donors (Lipinski definition) is 1. The van der Waals surface area contributed by atoms with Gasteiger partial charge in [-0.1, -0.05) is 25.1 Å². The molecule has 2 rings (SSSR count). The molecule has 0 heterocycles. The third-order valence-electron chi connectivity index (χ3n) is 3.86. The van der Waals surface area contributed by atoms with Crippen LogP contribution in [-0.2, 0) is 21.2 Å². The largest absolute Gasteiger partial charge is 0.480 e. The second-order valence-electron chi connectivity index (χ2n) is 5.63. The predicted molar refractivity (Wildman–Crippen MR) is 95.8 cm³/mol. The maximum Gasteiger partial charge on any atom is 0.324 e. The van der Waals surface area contributed by atoms with E-state index in [0.717, 1.165) is 22.4 Å². The maximum absolute atomic E-state index is 13.1. The van der Waals surface area contributed by atoms with Gasteiger partial charge in [0.05, 0.1) is 15.5 Å². The summed E-state index contributed by atoms with van der Waals surface area (Å²) in [6.45, 7) is 2.64. The van der Waals surface area contributed by atoms with Crippen molar-refractivity contribution in [2.75, 3.05) is 10.8 Å². The summed E-state index contributed by atoms with van der Waals surface area (Å²) in [5, 5.41) is 20.1. The van der Waals surface area contributed by atoms with Crippen molar-refractivity contribution in [3.63, 3.8) is 0 Å². The van der Waals surface area contributed by atoms with E-state index in [1.165, 1.54) is 31.2 Å². The molecular weight excluding hydrogens is 360 g/mol. The zero-order valence-corrected chi connectivity index (χ0v) is 15.1. The zero-order chi connectivity index (χ0) is 19.5. The van der Waals surface area contributed by atoms with Crippen LogP contribution < -0.4 is 4.31 Å². The molecule has 1 N–H and O–H groups in total. The minimum atomic E-state index is -4.31. The first-order valence-corrected chi connectivity index (χ1v) is 9.19. The van der Waals surface area contributed by atoms with Gasteiger partial charge in [-0.05, 0) is 36.6 Å². The number of rotatable bonds is 7. The van der Waals surface area contributed by atoms with Gasteiger partial charge in [-0.15, -0.1) is 0 Å². The van der Waals surface area contributed by atoms with Crippen LogP contribution in [0.5, 0.6) is 0 Å². The number of aryl methyl sites for hydroxylation is 2. The van der Waals surface area contributed by atoms with Gasteiger partial charge in [0.1, 0.15) is 6.54 Å². The van der Waals surface area contributed by atoms with E-state index in [0.29, 0.717) is 0 Å². The number of nitrogens with zero attached hydrogens (tertiary/aromatic N) is 2. The Kier molecular flexibility index (Phi) is 5.61. The van der Waals surface area contributed by atoms with E-state index in [9.17, 15) is 23.3 Å². The molecule has 26 heavy (non-hydrogen) atoms. The smallest absolute Gasteiger partial charge is 0.324 e. The quantitative estimate of drug-likeness (QED) is 0.585. The molecule has 8 nitrogen and oxygen atoms in total. The highest BCUT2D eigenvalue weighted by molar-refractivity contribution is 7.93. The van der Waals surface area contributed by atoms with Gasteiger partial charge in [0.25, 0.3) is 15.7 Å². The van der Waals surface area contributed by atoms with Crippen molar-refractivity contribution >= 4 is 27.4 Å². The number of nitro benzene ring substituents is 1. The van der Waals surface area contributed by atoms with Gasteiger partial charge in [-0.25, -0.2) is 8.42 Å². The van der Waals surface area contributed by atoms with E-state index < -0.39 is 27.5 Å². The minimum Gasteiger partial charge on any atom is -0.480 e. The molecule has 2 aromatic carbocycles. The molecule has 0 atom stereocenters. The summed E-state index contributed by atoms with van der Waals surface area (Å²) in [6, 6.07) is 9.92. The SMILES string of the molecule is CCc1ccc(N(CC(=O)O)S(=O)(=O)c2cc([N+](=O)[O-])ccc2C)cc1. The van der Waals surface area contributed by atoms with Gasteiger partial charge in [0, 0.05) is 12.1 Å². The molecule has 0 spiro atoms. The number of carboxylic acid groups (broad SMARTS) is 1. The summed E-state index contributed by atoms with van der Waals surface area (Å²) in [5.41, 5.74) is 1.05. The number of carbonyl (C=O) groups is 1. The van der Waals surface area contributed by atoms with E-state index in [1.54, 1.807) is 12.1 Å². The Morgan fingerprint density at radius 3 is 2.31 bits per heavy atom. The summed E-state index contributed by atoms with van der Waals surface area (Å²) in [4.78, 5) is 21.2. The maximum atomic E-state index is 13.1. The van der Waals surface area contributed by atoms with Crippen LogP contribution in [0.25, 0.3) is 0 Å². The van der Waals surface area contributed by atoms with Crippen LogP contribution in [0.15, 0.2) is 47.4 Å². The Labute approximate surface area is 150 Å². The molecule has 0 aliphatic heterocycles. The molecule has 0 amide bonds. The Bertz CT molecular complexity index is 938. The third kappa shape index (κ3) is 3.99. The predicted octanol–water partition coefficient (Wildman–Crippen LogP) is 2.75. The monoisotopic (exact) mass is 378 g/mol. The van der Waals surface area contributed by atoms with Gasteiger partial charge >= 0.3 is 5.97 Å². The first-order valence-electron chi connectivity index (χ1n) is 7.75. The highest BCUT2D eigenvalue weighted by Gasteiger charge is 2.30. The fraction of sp³-hybridized carbons (Fsp3) is 0.235. The van der Waals surface area contributed by atoms with Crippen molar-refractivity contribution in [2.24, 2.45) is 0 Å². The fourth-order valence-electron chi connectivity index (χ4n) is 2.43. The molecule has 9 heteroatoms. The Morgan fingerprint density at radius 1 is 1.19 bits per heavy atom. The average molecular weight is 378 g/mol. The fourth-order valence-corrected chi connectivity index (χ4v) is 4.10. The molecule has 0 aliphatic rings. The number of non-ortho nitro benzene ring substituents is 1. The lowest BCUT2D eigenvalue weighted by Gasteiger charge is -2.23. The lowest BCUT2D eigenvalue weighted by Crippen LogP contribution is -2.36. The van der Waals surface area contributed by atoms with Crippen LogP contribution in [0, 0.1) is 17.0 Å². The topological polar surface area (TPSA) is 118 Å². The van der Waals surface area contributed by atoms with Crippen molar-refractivity contribution in [3.05, 3.63) is 63.7 Å². The van der Waals surface area contributed by atoms with Crippen molar-refractivity contribution in [1.29, 1.82) is 0 Å². The van der Waals surface area contributed by atoms with E-state index in [4.69, 9.17) is 5.11 Å². The number of sulfonamides is 1. The zero-order valence-electron chi connectivity index (χ0n) is 14.2. The van der Waals surface area contributed by atoms with Crippen molar-refractivity contribution in [2.45, 2.75) is 25.2 Å².